The van der Waals surface area contributed by atoms with Gasteiger partial charge in [-0.2, -0.15) is 4.31 Å². The molecule has 29 heavy (non-hydrogen) atoms. The summed E-state index contributed by atoms with van der Waals surface area (Å²) in [5, 5.41) is 0. The molecule has 0 bridgehead atoms. The Labute approximate surface area is 170 Å². The molecule has 9 heteroatoms. The number of hydrogen-bond donors (Lipinski definition) is 2. The van der Waals surface area contributed by atoms with Crippen molar-refractivity contribution >= 4 is 21.8 Å². The molecule has 0 unspecified atom stereocenters. The highest BCUT2D eigenvalue weighted by atomic mass is 32.2. The summed E-state index contributed by atoms with van der Waals surface area (Å²) in [6, 6.07) is 12.5. The summed E-state index contributed by atoms with van der Waals surface area (Å²) in [5.74, 6) is -0.553. The highest BCUT2D eigenvalue weighted by molar-refractivity contribution is 7.89. The first-order chi connectivity index (χ1) is 13.6. The minimum atomic E-state index is -3.63. The number of nitrogens with zero attached hydrogens (tertiary/aromatic N) is 1. The van der Waals surface area contributed by atoms with Crippen LogP contribution in [-0.4, -0.2) is 44.2 Å². The largest absolute Gasteiger partial charge is 0.484 e. The molecule has 0 aliphatic rings. The Morgan fingerprint density at radius 1 is 1.07 bits per heavy atom. The van der Waals surface area contributed by atoms with E-state index in [1.165, 1.54) is 35.6 Å². The van der Waals surface area contributed by atoms with Crippen LogP contribution in [0, 0.1) is 6.92 Å². The summed E-state index contributed by atoms with van der Waals surface area (Å²) in [6.45, 7) is 5.18. The third-order valence-corrected chi connectivity index (χ3v) is 6.24. The first-order valence-corrected chi connectivity index (χ1v) is 10.4. The van der Waals surface area contributed by atoms with Gasteiger partial charge in [0.25, 0.3) is 11.8 Å². The van der Waals surface area contributed by atoms with Gasteiger partial charge in [0.1, 0.15) is 5.75 Å². The lowest BCUT2D eigenvalue weighted by molar-refractivity contribution is -0.123. The first kappa shape index (κ1) is 22.4. The number of carbonyl (C=O) groups is 2. The number of carbonyl (C=O) groups excluding carboxylic acids is 2. The summed E-state index contributed by atoms with van der Waals surface area (Å²) in [4.78, 5) is 24.1. The van der Waals surface area contributed by atoms with Crippen molar-refractivity contribution in [3.8, 4) is 5.75 Å². The van der Waals surface area contributed by atoms with Crippen LogP contribution in [-0.2, 0) is 14.8 Å². The number of aryl methyl sites for hydroxylation is 1. The predicted octanol–water partition coefficient (Wildman–Crippen LogP) is 1.86. The number of hydrogen-bond acceptors (Lipinski definition) is 5. The third kappa shape index (κ3) is 6.03. The molecule has 8 nitrogen and oxygen atoms in total. The van der Waals surface area contributed by atoms with Crippen molar-refractivity contribution in [3.63, 3.8) is 0 Å². The summed E-state index contributed by atoms with van der Waals surface area (Å²) in [6.07, 6.45) is 0. The Balaban J connectivity index is 1.90. The number of nitrogens with one attached hydrogen (secondary N) is 2. The SMILES string of the molecule is Cc1cccc(OCC(=O)NNC(=O)c2ccc(S(=O)(=O)N(C)C(C)C)cc2)c1. The van der Waals surface area contributed by atoms with E-state index >= 15 is 0 Å². The molecular weight excluding hydrogens is 394 g/mol. The second-order valence-corrected chi connectivity index (χ2v) is 8.74. The van der Waals surface area contributed by atoms with Gasteiger partial charge < -0.3 is 4.74 Å². The molecule has 0 saturated heterocycles. The third-order valence-electron chi connectivity index (χ3n) is 4.20. The Bertz CT molecular complexity index is 972. The van der Waals surface area contributed by atoms with Gasteiger partial charge in [0.2, 0.25) is 10.0 Å². The van der Waals surface area contributed by atoms with Crippen molar-refractivity contribution < 1.29 is 22.7 Å². The second-order valence-electron chi connectivity index (χ2n) is 6.75. The van der Waals surface area contributed by atoms with Gasteiger partial charge in [-0.25, -0.2) is 8.42 Å². The summed E-state index contributed by atoms with van der Waals surface area (Å²) >= 11 is 0. The Morgan fingerprint density at radius 3 is 2.31 bits per heavy atom. The maximum Gasteiger partial charge on any atom is 0.276 e. The van der Waals surface area contributed by atoms with E-state index in [4.69, 9.17) is 4.74 Å². The van der Waals surface area contributed by atoms with Crippen LogP contribution in [0.3, 0.4) is 0 Å². The standard InChI is InChI=1S/C20H25N3O5S/c1-14(2)23(4)29(26,27)18-10-8-16(9-11-18)20(25)22-21-19(24)13-28-17-7-5-6-15(3)12-17/h5-12,14H,13H2,1-4H3,(H,21,24)(H,22,25). The van der Waals surface area contributed by atoms with Gasteiger partial charge in [-0.3, -0.25) is 20.4 Å². The molecule has 2 aromatic rings. The van der Waals surface area contributed by atoms with Crippen molar-refractivity contribution in [1.82, 2.24) is 15.2 Å². The van der Waals surface area contributed by atoms with E-state index in [1.807, 2.05) is 19.1 Å². The van der Waals surface area contributed by atoms with Gasteiger partial charge in [0, 0.05) is 18.7 Å². The van der Waals surface area contributed by atoms with E-state index in [0.29, 0.717) is 5.75 Å². The topological polar surface area (TPSA) is 105 Å². The maximum atomic E-state index is 12.4. The monoisotopic (exact) mass is 419 g/mol. The summed E-state index contributed by atoms with van der Waals surface area (Å²) < 4.78 is 31.5. The van der Waals surface area contributed by atoms with E-state index < -0.39 is 21.8 Å². The van der Waals surface area contributed by atoms with Crippen LogP contribution in [0.25, 0.3) is 0 Å². The molecule has 0 spiro atoms. The van der Waals surface area contributed by atoms with Gasteiger partial charge in [-0.05, 0) is 62.7 Å². The summed E-state index contributed by atoms with van der Waals surface area (Å²) in [7, 11) is -2.13. The molecule has 2 rings (SSSR count). The van der Waals surface area contributed by atoms with Crippen LogP contribution in [0.4, 0.5) is 0 Å². The average molecular weight is 420 g/mol. The molecule has 0 saturated carbocycles. The quantitative estimate of drug-likeness (QED) is 0.667. The fourth-order valence-corrected chi connectivity index (χ4v) is 3.68. The minimum absolute atomic E-state index is 0.0841. The summed E-state index contributed by atoms with van der Waals surface area (Å²) in [5.41, 5.74) is 5.73. The molecule has 2 N–H and O–H groups in total. The number of amides is 2. The molecule has 0 fully saturated rings. The van der Waals surface area contributed by atoms with Crippen molar-refractivity contribution in [2.75, 3.05) is 13.7 Å². The molecular formula is C20H25N3O5S. The van der Waals surface area contributed by atoms with Crippen LogP contribution in [0.5, 0.6) is 5.75 Å². The normalized spacial score (nSPS) is 11.4. The van der Waals surface area contributed by atoms with Crippen LogP contribution in [0.2, 0.25) is 0 Å². The molecule has 0 radical (unpaired) electrons. The van der Waals surface area contributed by atoms with E-state index in [0.717, 1.165) is 5.56 Å². The highest BCUT2D eigenvalue weighted by Crippen LogP contribution is 2.17. The number of benzene rings is 2. The van der Waals surface area contributed by atoms with E-state index in [9.17, 15) is 18.0 Å². The first-order valence-electron chi connectivity index (χ1n) is 8.98. The van der Waals surface area contributed by atoms with E-state index in [1.54, 1.807) is 26.0 Å². The Kier molecular flexibility index (Phi) is 7.35. The fraction of sp³-hybridized carbons (Fsp3) is 0.300. The molecule has 2 aromatic carbocycles. The van der Waals surface area contributed by atoms with Crippen molar-refractivity contribution in [2.24, 2.45) is 0 Å². The number of rotatable bonds is 7. The van der Waals surface area contributed by atoms with Crippen LogP contribution in [0.15, 0.2) is 53.4 Å². The predicted molar refractivity (Wildman–Crippen MR) is 109 cm³/mol. The van der Waals surface area contributed by atoms with E-state index in [-0.39, 0.29) is 23.1 Å². The van der Waals surface area contributed by atoms with Crippen LogP contribution in [0.1, 0.15) is 29.8 Å². The zero-order chi connectivity index (χ0) is 21.6. The van der Waals surface area contributed by atoms with Gasteiger partial charge in [0.05, 0.1) is 4.90 Å². The smallest absolute Gasteiger partial charge is 0.276 e. The molecule has 0 atom stereocenters. The number of sulfonamides is 1. The molecule has 0 aromatic heterocycles. The Morgan fingerprint density at radius 2 is 1.72 bits per heavy atom. The van der Waals surface area contributed by atoms with E-state index in [2.05, 4.69) is 10.9 Å². The molecule has 0 heterocycles. The fourth-order valence-electron chi connectivity index (χ4n) is 2.31. The van der Waals surface area contributed by atoms with Crippen molar-refractivity contribution in [2.45, 2.75) is 31.7 Å². The minimum Gasteiger partial charge on any atom is -0.484 e. The van der Waals surface area contributed by atoms with Crippen molar-refractivity contribution in [3.05, 3.63) is 59.7 Å². The molecule has 2 amide bonds. The average Bonchev–Trinajstić information content (AvgIpc) is 2.69. The van der Waals surface area contributed by atoms with Gasteiger partial charge in [0.15, 0.2) is 6.61 Å². The molecule has 156 valence electrons. The highest BCUT2D eigenvalue weighted by Gasteiger charge is 2.23. The Hall–Kier alpha value is -2.91. The lowest BCUT2D eigenvalue weighted by atomic mass is 10.2. The van der Waals surface area contributed by atoms with Gasteiger partial charge >= 0.3 is 0 Å². The zero-order valence-electron chi connectivity index (χ0n) is 16.8. The second kappa shape index (κ2) is 9.53. The van der Waals surface area contributed by atoms with Gasteiger partial charge in [-0.1, -0.05) is 12.1 Å². The number of hydrazine groups is 1. The lowest BCUT2D eigenvalue weighted by Crippen LogP contribution is -2.43. The van der Waals surface area contributed by atoms with Crippen LogP contribution >= 0.6 is 0 Å². The maximum absolute atomic E-state index is 12.4. The molecule has 0 aliphatic carbocycles. The number of ether oxygens (including phenoxy) is 1. The molecule has 0 aliphatic heterocycles. The van der Waals surface area contributed by atoms with Crippen molar-refractivity contribution in [1.29, 1.82) is 0 Å². The van der Waals surface area contributed by atoms with Crippen LogP contribution < -0.4 is 15.6 Å². The van der Waals surface area contributed by atoms with Gasteiger partial charge in [-0.15, -0.1) is 0 Å². The lowest BCUT2D eigenvalue weighted by Gasteiger charge is -2.21. The zero-order valence-corrected chi connectivity index (χ0v) is 17.6.